The molecular weight excluding hydrogens is 296 g/mol. The zero-order chi connectivity index (χ0) is 17.0. The van der Waals surface area contributed by atoms with Crippen LogP contribution in [0.25, 0.3) is 0 Å². The average Bonchev–Trinajstić information content (AvgIpc) is 2.53. The molecule has 2 N–H and O–H groups in total. The van der Waals surface area contributed by atoms with Crippen molar-refractivity contribution in [1.29, 1.82) is 0 Å². The van der Waals surface area contributed by atoms with Gasteiger partial charge in [-0.1, -0.05) is 13.0 Å². The van der Waals surface area contributed by atoms with Gasteiger partial charge in [-0.05, 0) is 24.6 Å². The second-order valence-electron chi connectivity index (χ2n) is 5.62. The van der Waals surface area contributed by atoms with E-state index < -0.39 is 6.04 Å². The number of hydrogen-bond acceptors (Lipinski definition) is 3. The van der Waals surface area contributed by atoms with Gasteiger partial charge in [-0.2, -0.15) is 0 Å². The van der Waals surface area contributed by atoms with Crippen LogP contribution in [-0.4, -0.2) is 60.9 Å². The van der Waals surface area contributed by atoms with Crippen molar-refractivity contribution in [3.05, 3.63) is 29.8 Å². The van der Waals surface area contributed by atoms with Crippen LogP contribution in [0, 0.1) is 0 Å². The summed E-state index contributed by atoms with van der Waals surface area (Å²) in [6.45, 7) is 2.78. The molecule has 4 amide bonds. The van der Waals surface area contributed by atoms with Crippen molar-refractivity contribution in [3.8, 4) is 0 Å². The van der Waals surface area contributed by atoms with Gasteiger partial charge in [-0.15, -0.1) is 0 Å². The maximum absolute atomic E-state index is 12.4. The van der Waals surface area contributed by atoms with Crippen molar-refractivity contribution in [2.75, 3.05) is 32.5 Å². The molecule has 1 aromatic carbocycles. The van der Waals surface area contributed by atoms with Crippen LogP contribution in [0.15, 0.2) is 24.3 Å². The van der Waals surface area contributed by atoms with Crippen LogP contribution >= 0.6 is 0 Å². The molecule has 2 rings (SSSR count). The molecule has 0 saturated carbocycles. The summed E-state index contributed by atoms with van der Waals surface area (Å²) >= 11 is 0. The average molecular weight is 318 g/mol. The van der Waals surface area contributed by atoms with Gasteiger partial charge in [0.15, 0.2) is 0 Å². The molecule has 0 aliphatic carbocycles. The second-order valence-corrected chi connectivity index (χ2v) is 5.62. The Kier molecular flexibility index (Phi) is 5.20. The smallest absolute Gasteiger partial charge is 0.322 e. The number of carbonyl (C=O) groups is 3. The number of benzene rings is 1. The third-order valence-electron chi connectivity index (χ3n) is 3.75. The van der Waals surface area contributed by atoms with E-state index in [0.717, 1.165) is 0 Å². The van der Waals surface area contributed by atoms with Crippen molar-refractivity contribution >= 4 is 23.5 Å². The molecular formula is C16H22N4O3. The van der Waals surface area contributed by atoms with Gasteiger partial charge in [0.1, 0.15) is 6.04 Å². The molecule has 1 heterocycles. The predicted octanol–water partition coefficient (Wildman–Crippen LogP) is 1.13. The Morgan fingerprint density at radius 1 is 1.39 bits per heavy atom. The number of carbonyl (C=O) groups excluding carboxylic acids is 3. The summed E-state index contributed by atoms with van der Waals surface area (Å²) < 4.78 is 0. The van der Waals surface area contributed by atoms with E-state index in [2.05, 4.69) is 10.6 Å². The summed E-state index contributed by atoms with van der Waals surface area (Å²) in [4.78, 5) is 39.2. The zero-order valence-corrected chi connectivity index (χ0v) is 13.6. The molecule has 0 bridgehead atoms. The second kappa shape index (κ2) is 7.13. The molecule has 23 heavy (non-hydrogen) atoms. The molecule has 1 saturated heterocycles. The zero-order valence-electron chi connectivity index (χ0n) is 13.6. The van der Waals surface area contributed by atoms with Gasteiger partial charge in [0.05, 0.1) is 0 Å². The first-order valence-corrected chi connectivity index (χ1v) is 7.61. The van der Waals surface area contributed by atoms with Crippen LogP contribution in [0.4, 0.5) is 10.5 Å². The summed E-state index contributed by atoms with van der Waals surface area (Å²) in [6.07, 6.45) is 0.554. The number of urea groups is 1. The fourth-order valence-corrected chi connectivity index (χ4v) is 2.55. The van der Waals surface area contributed by atoms with Gasteiger partial charge < -0.3 is 20.4 Å². The lowest BCUT2D eigenvalue weighted by atomic mass is 10.1. The molecule has 1 aliphatic heterocycles. The summed E-state index contributed by atoms with van der Waals surface area (Å²) in [6, 6.07) is 5.96. The quantitative estimate of drug-likeness (QED) is 0.876. The first-order chi connectivity index (χ1) is 10.9. The highest BCUT2D eigenvalue weighted by atomic mass is 16.2. The van der Waals surface area contributed by atoms with Crippen LogP contribution in [0.5, 0.6) is 0 Å². The van der Waals surface area contributed by atoms with Crippen LogP contribution in [0.1, 0.15) is 23.7 Å². The molecule has 1 aromatic rings. The SMILES string of the molecule is CC[C@@H]1C(=O)NCCN1C(=O)Nc1cccc(C(=O)N(C)C)c1. The Hall–Kier alpha value is -2.57. The summed E-state index contributed by atoms with van der Waals surface area (Å²) in [5.41, 5.74) is 1.03. The van der Waals surface area contributed by atoms with Crippen molar-refractivity contribution in [3.63, 3.8) is 0 Å². The van der Waals surface area contributed by atoms with E-state index in [-0.39, 0.29) is 17.8 Å². The van der Waals surface area contributed by atoms with Crippen molar-refractivity contribution < 1.29 is 14.4 Å². The normalized spacial score (nSPS) is 17.4. The van der Waals surface area contributed by atoms with Crippen LogP contribution in [0.3, 0.4) is 0 Å². The number of nitrogens with zero attached hydrogens (tertiary/aromatic N) is 2. The fourth-order valence-electron chi connectivity index (χ4n) is 2.55. The summed E-state index contributed by atoms with van der Waals surface area (Å²) in [7, 11) is 3.34. The van der Waals surface area contributed by atoms with E-state index in [4.69, 9.17) is 0 Å². The van der Waals surface area contributed by atoms with Gasteiger partial charge in [0.25, 0.3) is 5.91 Å². The van der Waals surface area contributed by atoms with E-state index >= 15 is 0 Å². The third kappa shape index (κ3) is 3.80. The Balaban J connectivity index is 2.12. The monoisotopic (exact) mass is 318 g/mol. The first-order valence-electron chi connectivity index (χ1n) is 7.61. The van der Waals surface area contributed by atoms with E-state index in [1.54, 1.807) is 38.4 Å². The molecule has 1 fully saturated rings. The Morgan fingerprint density at radius 3 is 2.78 bits per heavy atom. The number of nitrogens with one attached hydrogen (secondary N) is 2. The highest BCUT2D eigenvalue weighted by molar-refractivity contribution is 5.98. The van der Waals surface area contributed by atoms with Gasteiger partial charge in [0, 0.05) is 38.4 Å². The van der Waals surface area contributed by atoms with Crippen molar-refractivity contribution in [2.24, 2.45) is 0 Å². The molecule has 1 aliphatic rings. The topological polar surface area (TPSA) is 81.8 Å². The summed E-state index contributed by atoms with van der Waals surface area (Å²) in [5, 5.41) is 5.52. The van der Waals surface area contributed by atoms with Gasteiger partial charge in [-0.3, -0.25) is 9.59 Å². The largest absolute Gasteiger partial charge is 0.353 e. The fraction of sp³-hybridized carbons (Fsp3) is 0.438. The van der Waals surface area contributed by atoms with Gasteiger partial charge in [0.2, 0.25) is 5.91 Å². The minimum Gasteiger partial charge on any atom is -0.353 e. The molecule has 124 valence electrons. The maximum atomic E-state index is 12.4. The molecule has 1 atom stereocenters. The lowest BCUT2D eigenvalue weighted by molar-refractivity contribution is -0.127. The lowest BCUT2D eigenvalue weighted by Crippen LogP contribution is -2.57. The first kappa shape index (κ1) is 16.8. The minimum atomic E-state index is -0.463. The molecule has 0 aromatic heterocycles. The third-order valence-corrected chi connectivity index (χ3v) is 3.75. The standard InChI is InChI=1S/C16H22N4O3/c1-4-13-14(21)17-8-9-20(13)16(23)18-12-7-5-6-11(10-12)15(22)19(2)3/h5-7,10,13H,4,8-9H2,1-3H3,(H,17,21)(H,18,23)/t13-/m1/s1. The number of hydrogen-bond donors (Lipinski definition) is 2. The number of anilines is 1. The molecule has 0 spiro atoms. The van der Waals surface area contributed by atoms with Crippen LogP contribution in [-0.2, 0) is 4.79 Å². The van der Waals surface area contributed by atoms with E-state index in [9.17, 15) is 14.4 Å². The molecule has 0 radical (unpaired) electrons. The molecule has 7 nitrogen and oxygen atoms in total. The lowest BCUT2D eigenvalue weighted by Gasteiger charge is -2.34. The molecule has 0 unspecified atom stereocenters. The van der Waals surface area contributed by atoms with Crippen molar-refractivity contribution in [2.45, 2.75) is 19.4 Å². The highest BCUT2D eigenvalue weighted by Gasteiger charge is 2.31. The van der Waals surface area contributed by atoms with Gasteiger partial charge in [-0.25, -0.2) is 4.79 Å². The Labute approximate surface area is 135 Å². The minimum absolute atomic E-state index is 0.134. The number of rotatable bonds is 3. The Bertz CT molecular complexity index is 615. The predicted molar refractivity (Wildman–Crippen MR) is 87.3 cm³/mol. The summed E-state index contributed by atoms with van der Waals surface area (Å²) in [5.74, 6) is -0.268. The van der Waals surface area contributed by atoms with Crippen LogP contribution < -0.4 is 10.6 Å². The number of amides is 4. The highest BCUT2D eigenvalue weighted by Crippen LogP contribution is 2.15. The Morgan fingerprint density at radius 2 is 2.13 bits per heavy atom. The number of piperazine rings is 1. The molecule has 7 heteroatoms. The van der Waals surface area contributed by atoms with Gasteiger partial charge >= 0.3 is 6.03 Å². The van der Waals surface area contributed by atoms with E-state index in [0.29, 0.717) is 30.8 Å². The van der Waals surface area contributed by atoms with E-state index in [1.165, 1.54) is 9.80 Å². The van der Waals surface area contributed by atoms with E-state index in [1.807, 2.05) is 6.92 Å². The van der Waals surface area contributed by atoms with Crippen LogP contribution in [0.2, 0.25) is 0 Å². The maximum Gasteiger partial charge on any atom is 0.322 e. The van der Waals surface area contributed by atoms with Crippen molar-refractivity contribution in [1.82, 2.24) is 15.1 Å².